The van der Waals surface area contributed by atoms with Crippen molar-refractivity contribution in [3.8, 4) is 0 Å². The molecule has 3 heteroatoms. The molecule has 16 heavy (non-hydrogen) atoms. The second-order valence-corrected chi connectivity index (χ2v) is 5.11. The van der Waals surface area contributed by atoms with E-state index in [1.807, 2.05) is 13.8 Å². The molecular weight excluding hydrogens is 202 g/mol. The first kappa shape index (κ1) is 13.5. The molecule has 0 aromatic rings. The van der Waals surface area contributed by atoms with Crippen LogP contribution in [0.3, 0.4) is 0 Å². The van der Waals surface area contributed by atoms with Crippen LogP contribution in [0.15, 0.2) is 0 Å². The van der Waals surface area contributed by atoms with Gasteiger partial charge in [0.2, 0.25) is 5.91 Å². The highest BCUT2D eigenvalue weighted by atomic mass is 16.5. The first-order valence-corrected chi connectivity index (χ1v) is 6.50. The Morgan fingerprint density at radius 3 is 2.44 bits per heavy atom. The van der Waals surface area contributed by atoms with E-state index in [4.69, 9.17) is 4.74 Å². The zero-order chi connectivity index (χ0) is 12.0. The van der Waals surface area contributed by atoms with Crippen LogP contribution in [-0.2, 0) is 9.53 Å². The van der Waals surface area contributed by atoms with Gasteiger partial charge in [-0.25, -0.2) is 0 Å². The van der Waals surface area contributed by atoms with Gasteiger partial charge in [0.25, 0.3) is 0 Å². The number of hydrogen-bond acceptors (Lipinski definition) is 2. The van der Waals surface area contributed by atoms with Crippen LogP contribution in [0.5, 0.6) is 0 Å². The molecule has 1 aliphatic carbocycles. The average molecular weight is 227 g/mol. The Kier molecular flexibility index (Phi) is 5.81. The summed E-state index contributed by atoms with van der Waals surface area (Å²) in [5, 5.41) is 3.04. The minimum Gasteiger partial charge on any atom is -0.369 e. The molecule has 0 aromatic carbocycles. The highest BCUT2D eigenvalue weighted by Gasteiger charge is 2.21. The lowest BCUT2D eigenvalue weighted by Crippen LogP contribution is -2.41. The molecule has 3 nitrogen and oxygen atoms in total. The lowest BCUT2D eigenvalue weighted by Gasteiger charge is -2.28. The first-order chi connectivity index (χ1) is 7.59. The van der Waals surface area contributed by atoms with Gasteiger partial charge < -0.3 is 10.1 Å². The molecule has 1 N–H and O–H groups in total. The van der Waals surface area contributed by atoms with E-state index in [-0.39, 0.29) is 18.6 Å². The largest absolute Gasteiger partial charge is 0.369 e. The quantitative estimate of drug-likeness (QED) is 0.783. The molecule has 1 fully saturated rings. The Balaban J connectivity index is 2.21. The highest BCUT2D eigenvalue weighted by molar-refractivity contribution is 5.77. The van der Waals surface area contributed by atoms with Crippen LogP contribution in [0.4, 0.5) is 0 Å². The van der Waals surface area contributed by atoms with Crippen molar-refractivity contribution in [1.29, 1.82) is 0 Å². The summed E-state index contributed by atoms with van der Waals surface area (Å²) in [6.07, 6.45) is 6.61. The van der Waals surface area contributed by atoms with Crippen molar-refractivity contribution in [2.24, 2.45) is 5.92 Å². The molecule has 1 atom stereocenters. The summed E-state index contributed by atoms with van der Waals surface area (Å²) in [6.45, 7) is 6.19. The zero-order valence-corrected chi connectivity index (χ0v) is 10.8. The summed E-state index contributed by atoms with van der Waals surface area (Å²) in [5.41, 5.74) is 0. The van der Waals surface area contributed by atoms with E-state index in [0.29, 0.717) is 12.0 Å². The van der Waals surface area contributed by atoms with E-state index in [1.165, 1.54) is 32.1 Å². The SMILES string of the molecule is CC(C)OCC(=O)NC(C)C1CCCCC1. The van der Waals surface area contributed by atoms with E-state index >= 15 is 0 Å². The minimum atomic E-state index is 0.0202. The second kappa shape index (κ2) is 6.89. The molecule has 0 spiro atoms. The van der Waals surface area contributed by atoms with Gasteiger partial charge in [-0.2, -0.15) is 0 Å². The molecule has 0 heterocycles. The summed E-state index contributed by atoms with van der Waals surface area (Å²) in [6, 6.07) is 0.295. The van der Waals surface area contributed by atoms with Crippen LogP contribution in [0.2, 0.25) is 0 Å². The maximum Gasteiger partial charge on any atom is 0.246 e. The van der Waals surface area contributed by atoms with E-state index in [1.54, 1.807) is 0 Å². The van der Waals surface area contributed by atoms with Crippen LogP contribution >= 0.6 is 0 Å². The maximum atomic E-state index is 11.6. The molecule has 1 unspecified atom stereocenters. The van der Waals surface area contributed by atoms with Crippen molar-refractivity contribution in [3.05, 3.63) is 0 Å². The molecule has 1 aliphatic rings. The molecule has 1 amide bonds. The van der Waals surface area contributed by atoms with Crippen molar-refractivity contribution < 1.29 is 9.53 Å². The van der Waals surface area contributed by atoms with Gasteiger partial charge in [0.05, 0.1) is 6.10 Å². The Labute approximate surface area is 98.9 Å². The number of amides is 1. The van der Waals surface area contributed by atoms with Crippen LogP contribution < -0.4 is 5.32 Å². The van der Waals surface area contributed by atoms with Crippen LogP contribution in [-0.4, -0.2) is 24.7 Å². The van der Waals surface area contributed by atoms with Crippen LogP contribution in [0, 0.1) is 5.92 Å². The van der Waals surface area contributed by atoms with E-state index in [0.717, 1.165) is 0 Å². The van der Waals surface area contributed by atoms with Gasteiger partial charge >= 0.3 is 0 Å². The van der Waals surface area contributed by atoms with Gasteiger partial charge in [-0.05, 0) is 39.5 Å². The van der Waals surface area contributed by atoms with Crippen molar-refractivity contribution >= 4 is 5.91 Å². The molecule has 0 saturated heterocycles. The number of carbonyl (C=O) groups excluding carboxylic acids is 1. The summed E-state index contributed by atoms with van der Waals surface area (Å²) >= 11 is 0. The van der Waals surface area contributed by atoms with Gasteiger partial charge in [-0.1, -0.05) is 19.3 Å². The van der Waals surface area contributed by atoms with Crippen molar-refractivity contribution in [3.63, 3.8) is 0 Å². The van der Waals surface area contributed by atoms with Crippen molar-refractivity contribution in [2.75, 3.05) is 6.61 Å². The number of carbonyl (C=O) groups is 1. The van der Waals surface area contributed by atoms with Gasteiger partial charge in [0.1, 0.15) is 6.61 Å². The third kappa shape index (κ3) is 4.97. The molecule has 0 bridgehead atoms. The third-order valence-electron chi connectivity index (χ3n) is 3.29. The van der Waals surface area contributed by atoms with Crippen LogP contribution in [0.25, 0.3) is 0 Å². The Morgan fingerprint density at radius 2 is 1.88 bits per heavy atom. The zero-order valence-electron chi connectivity index (χ0n) is 10.8. The monoisotopic (exact) mass is 227 g/mol. The lowest BCUT2D eigenvalue weighted by atomic mass is 9.84. The summed E-state index contributed by atoms with van der Waals surface area (Å²) < 4.78 is 5.28. The molecule has 0 aliphatic heterocycles. The normalized spacial score (nSPS) is 19.8. The predicted molar refractivity (Wildman–Crippen MR) is 65.3 cm³/mol. The fraction of sp³-hybridized carbons (Fsp3) is 0.923. The van der Waals surface area contributed by atoms with Gasteiger partial charge in [0, 0.05) is 6.04 Å². The molecule has 1 rings (SSSR count). The van der Waals surface area contributed by atoms with Gasteiger partial charge in [-0.3, -0.25) is 4.79 Å². The lowest BCUT2D eigenvalue weighted by molar-refractivity contribution is -0.128. The smallest absolute Gasteiger partial charge is 0.246 e. The Hall–Kier alpha value is -0.570. The first-order valence-electron chi connectivity index (χ1n) is 6.50. The number of rotatable bonds is 5. The third-order valence-corrected chi connectivity index (χ3v) is 3.29. The molecule has 0 aromatic heterocycles. The number of nitrogens with one attached hydrogen (secondary N) is 1. The molecule has 94 valence electrons. The fourth-order valence-corrected chi connectivity index (χ4v) is 2.29. The van der Waals surface area contributed by atoms with Crippen molar-refractivity contribution in [2.45, 2.75) is 65.0 Å². The average Bonchev–Trinajstić information content (AvgIpc) is 2.27. The topological polar surface area (TPSA) is 38.3 Å². The Morgan fingerprint density at radius 1 is 1.25 bits per heavy atom. The van der Waals surface area contributed by atoms with Gasteiger partial charge in [-0.15, -0.1) is 0 Å². The number of ether oxygens (including phenoxy) is 1. The Bertz CT molecular complexity index is 210. The van der Waals surface area contributed by atoms with E-state index < -0.39 is 0 Å². The standard InChI is InChI=1S/C13H25NO2/c1-10(2)16-9-13(15)14-11(3)12-7-5-4-6-8-12/h10-12H,4-9H2,1-3H3,(H,14,15). The highest BCUT2D eigenvalue weighted by Crippen LogP contribution is 2.26. The van der Waals surface area contributed by atoms with Crippen molar-refractivity contribution in [1.82, 2.24) is 5.32 Å². The van der Waals surface area contributed by atoms with E-state index in [9.17, 15) is 4.79 Å². The summed E-state index contributed by atoms with van der Waals surface area (Å²) in [7, 11) is 0. The van der Waals surface area contributed by atoms with E-state index in [2.05, 4.69) is 12.2 Å². The maximum absolute atomic E-state index is 11.6. The van der Waals surface area contributed by atoms with Crippen LogP contribution in [0.1, 0.15) is 52.9 Å². The molecule has 0 radical (unpaired) electrons. The molecule has 1 saturated carbocycles. The molecular formula is C13H25NO2. The number of hydrogen-bond donors (Lipinski definition) is 1. The summed E-state index contributed by atoms with van der Waals surface area (Å²) in [4.78, 5) is 11.6. The fourth-order valence-electron chi connectivity index (χ4n) is 2.29. The second-order valence-electron chi connectivity index (χ2n) is 5.11. The predicted octanol–water partition coefficient (Wildman–Crippen LogP) is 2.50. The van der Waals surface area contributed by atoms with Gasteiger partial charge in [0.15, 0.2) is 0 Å². The minimum absolute atomic E-state index is 0.0202. The summed E-state index contributed by atoms with van der Waals surface area (Å²) in [5.74, 6) is 0.684.